The molecule has 0 radical (unpaired) electrons. The Labute approximate surface area is 668 Å². The molecule has 0 aromatic heterocycles. The summed E-state index contributed by atoms with van der Waals surface area (Å²) in [5.41, 5.74) is 5.39. The van der Waals surface area contributed by atoms with Crippen molar-refractivity contribution in [1.29, 1.82) is 0 Å². The van der Waals surface area contributed by atoms with Gasteiger partial charge in [-0.3, -0.25) is 0 Å². The van der Waals surface area contributed by atoms with Gasteiger partial charge in [0.15, 0.2) is 37.2 Å². The van der Waals surface area contributed by atoms with Crippen LogP contribution < -0.4 is 0 Å². The minimum atomic E-state index is -1.79. The van der Waals surface area contributed by atoms with Crippen molar-refractivity contribution in [3.05, 3.63) is 384 Å². The molecule has 15 atom stereocenters. The maximum Gasteiger partial charge on any atom is 0.338 e. The second-order valence-corrected chi connectivity index (χ2v) is 27.9. The van der Waals surface area contributed by atoms with Gasteiger partial charge in [-0.15, -0.1) is 6.58 Å². The zero-order valence-electron chi connectivity index (χ0n) is 63.2. The molecule has 0 amide bonds. The second-order valence-electron chi connectivity index (χ2n) is 27.9. The van der Waals surface area contributed by atoms with Crippen LogP contribution in [-0.4, -0.2) is 142 Å². The summed E-state index contributed by atoms with van der Waals surface area (Å²) in [5.74, 6) is -3.20. The van der Waals surface area contributed by atoms with Crippen LogP contribution in [0.1, 0.15) is 74.8 Å². The van der Waals surface area contributed by atoms with Crippen LogP contribution in [0.15, 0.2) is 328 Å². The lowest BCUT2D eigenvalue weighted by Gasteiger charge is -2.51. The van der Waals surface area contributed by atoms with Crippen molar-refractivity contribution in [3.63, 3.8) is 0 Å². The van der Waals surface area contributed by atoms with Gasteiger partial charge in [0.2, 0.25) is 0 Å². The average molecular weight is 1550 g/mol. The molecule has 14 rings (SSSR count). The molecule has 3 heterocycles. The van der Waals surface area contributed by atoms with Gasteiger partial charge in [0.1, 0.15) is 61.5 Å². The summed E-state index contributed by atoms with van der Waals surface area (Å²) < 4.78 is 113. The quantitative estimate of drug-likeness (QED) is 0.0203. The molecule has 3 saturated heterocycles. The van der Waals surface area contributed by atoms with E-state index >= 15 is 14.4 Å². The first-order chi connectivity index (χ1) is 56.6. The van der Waals surface area contributed by atoms with Gasteiger partial charge in [-0.25, -0.2) is 19.2 Å². The third kappa shape index (κ3) is 22.0. The summed E-state index contributed by atoms with van der Waals surface area (Å²) in [6, 6.07) is 95.0. The lowest BCUT2D eigenvalue weighted by molar-refractivity contribution is -0.388. The molecule has 115 heavy (non-hydrogen) atoms. The number of ether oxygens (including phenoxy) is 16. The van der Waals surface area contributed by atoms with E-state index in [0.717, 1.165) is 38.6 Å². The Kier molecular flexibility index (Phi) is 28.8. The number of rotatable bonds is 36. The molecule has 11 aromatic rings. The van der Waals surface area contributed by atoms with Crippen LogP contribution in [0.25, 0.3) is 10.8 Å². The van der Waals surface area contributed by atoms with Crippen LogP contribution in [0, 0.1) is 0 Å². The highest BCUT2D eigenvalue weighted by atomic mass is 16.8. The molecule has 0 aliphatic carbocycles. The number of benzene rings is 11. The Balaban J connectivity index is 0.951. The molecule has 20 heteroatoms. The van der Waals surface area contributed by atoms with Gasteiger partial charge in [0, 0.05) is 0 Å². The molecule has 11 aromatic carbocycles. The first kappa shape index (κ1) is 80.4. The highest BCUT2D eigenvalue weighted by Gasteiger charge is 2.59. The first-order valence-electron chi connectivity index (χ1n) is 38.4. The Morgan fingerprint density at radius 1 is 0.278 bits per heavy atom. The van der Waals surface area contributed by atoms with Crippen LogP contribution in [0.4, 0.5) is 0 Å². The number of carbonyl (C=O) groups is 4. The molecule has 0 spiro atoms. The fraction of sp³-hybridized carbons (Fsp3) is 0.263. The van der Waals surface area contributed by atoms with E-state index in [1.54, 1.807) is 121 Å². The smallest absolute Gasteiger partial charge is 0.338 e. The zero-order chi connectivity index (χ0) is 78.8. The number of hydrogen-bond acceptors (Lipinski definition) is 20. The molecule has 20 nitrogen and oxygen atoms in total. The fourth-order valence-corrected chi connectivity index (χ4v) is 14.0. The topological polar surface area (TPSA) is 216 Å². The predicted molar refractivity (Wildman–Crippen MR) is 425 cm³/mol. The Morgan fingerprint density at radius 3 is 1.04 bits per heavy atom. The van der Waals surface area contributed by atoms with Gasteiger partial charge in [-0.05, 0) is 98.8 Å². The summed E-state index contributed by atoms with van der Waals surface area (Å²) in [4.78, 5) is 60.5. The third-order valence-corrected chi connectivity index (χ3v) is 19.8. The molecule has 3 aliphatic rings. The molecule has 0 saturated carbocycles. The van der Waals surface area contributed by atoms with Crippen molar-refractivity contribution >= 4 is 34.6 Å². The maximum absolute atomic E-state index is 15.4. The highest BCUT2D eigenvalue weighted by Crippen LogP contribution is 2.41. The van der Waals surface area contributed by atoms with Gasteiger partial charge < -0.3 is 75.8 Å². The zero-order valence-corrected chi connectivity index (χ0v) is 63.2. The SMILES string of the molecule is C=CCO[C@@H]1OC(COCc2ccccc2)[C@H](OCc2ccccc2)C(OC2OC(COC(=O)c3ccccc3)C(OC(=O)c3ccccc3)C(O[C@@H]3OC(COCc4ccccc4)[C@H](OCc4ccccc4)C(OCc4ccc5ccccc5c4)C3OC(=O)c3ccccc3)C2OCc2ccccc2)C1OC(=O)c1ccccc1. The standard InChI is InChI=1S/C95H90O20/c1-2-54-102-93-88(113-92(99)75-49-28-11-29-50-75)84(81(104-59-68-38-18-6-19-39-68)78(108-93)63-101-57-66-34-14-4-15-35-66)114-94-86(106-60-69-40-20-7-21-41-69)85(82(111-90(97)73-45-24-9-25-46-73)79(110-94)64-107-89(96)72-43-22-8-23-44-72)115-95-87(112-91(98)74-47-26-10-27-48-74)83(105-61-70-52-53-71-42-30-31-51-76(71)55-70)80(103-58-67-36-16-5-17-37-67)77(109-95)62-100-56-65-32-12-3-13-33-65/h2-53,55,77-88,93-95H,1,54,56-64H2/t77?,78?,79?,80-,81-,82?,83?,84?,85?,86?,87?,88?,93+,94?,95-/m0/s1. The highest BCUT2D eigenvalue weighted by molar-refractivity contribution is 5.91. The summed E-state index contributed by atoms with van der Waals surface area (Å²) >= 11 is 0. The van der Waals surface area contributed by atoms with Crippen LogP contribution in [0.5, 0.6) is 0 Å². The van der Waals surface area contributed by atoms with E-state index in [4.69, 9.17) is 75.8 Å². The van der Waals surface area contributed by atoms with E-state index in [1.165, 1.54) is 6.08 Å². The first-order valence-corrected chi connectivity index (χ1v) is 38.4. The van der Waals surface area contributed by atoms with Crippen molar-refractivity contribution in [2.24, 2.45) is 0 Å². The number of carbonyl (C=O) groups excluding carboxylic acids is 4. The number of hydrogen-bond donors (Lipinski definition) is 0. The van der Waals surface area contributed by atoms with E-state index in [0.29, 0.717) is 5.56 Å². The lowest BCUT2D eigenvalue weighted by atomic mass is 9.94. The Hall–Kier alpha value is -11.2. The summed E-state index contributed by atoms with van der Waals surface area (Å²) in [6.45, 7) is 2.93. The van der Waals surface area contributed by atoms with Crippen molar-refractivity contribution in [2.75, 3.05) is 26.4 Å². The third-order valence-electron chi connectivity index (χ3n) is 19.8. The molecular weight excluding hydrogens is 1460 g/mol. The van der Waals surface area contributed by atoms with E-state index in [-0.39, 0.29) is 81.7 Å². The van der Waals surface area contributed by atoms with Crippen LogP contribution >= 0.6 is 0 Å². The normalized spacial score (nSPS) is 23.3. The minimum Gasteiger partial charge on any atom is -0.459 e. The van der Waals surface area contributed by atoms with Crippen molar-refractivity contribution in [1.82, 2.24) is 0 Å². The second kappa shape index (κ2) is 41.2. The van der Waals surface area contributed by atoms with Gasteiger partial charge in [0.25, 0.3) is 0 Å². The summed E-state index contributed by atoms with van der Waals surface area (Å²) in [5, 5.41) is 1.95. The molecule has 11 unspecified atom stereocenters. The molecule has 3 fully saturated rings. The van der Waals surface area contributed by atoms with Crippen LogP contribution in [0.2, 0.25) is 0 Å². The van der Waals surface area contributed by atoms with E-state index in [9.17, 15) is 4.79 Å². The van der Waals surface area contributed by atoms with Crippen molar-refractivity contribution in [3.8, 4) is 0 Å². The van der Waals surface area contributed by atoms with Crippen molar-refractivity contribution < 1.29 is 95.0 Å². The Morgan fingerprint density at radius 2 is 0.600 bits per heavy atom. The largest absolute Gasteiger partial charge is 0.459 e. The monoisotopic (exact) mass is 1550 g/mol. The average Bonchev–Trinajstić information content (AvgIpc) is 0.756. The molecule has 0 N–H and O–H groups in total. The van der Waals surface area contributed by atoms with E-state index < -0.39 is 123 Å². The van der Waals surface area contributed by atoms with Crippen LogP contribution in [0.3, 0.4) is 0 Å². The summed E-state index contributed by atoms with van der Waals surface area (Å²) in [7, 11) is 0. The van der Waals surface area contributed by atoms with Gasteiger partial charge in [-0.1, -0.05) is 267 Å². The molecule has 0 bridgehead atoms. The number of esters is 4. The Bertz CT molecular complexity index is 4810. The number of fused-ring (bicyclic) bond motifs is 1. The van der Waals surface area contributed by atoms with Gasteiger partial charge >= 0.3 is 23.9 Å². The minimum absolute atomic E-state index is 0.0312. The fourth-order valence-electron chi connectivity index (χ4n) is 14.0. The summed E-state index contributed by atoms with van der Waals surface area (Å²) in [6.07, 6.45) is -20.7. The molecule has 590 valence electrons. The van der Waals surface area contributed by atoms with Gasteiger partial charge in [-0.2, -0.15) is 0 Å². The predicted octanol–water partition coefficient (Wildman–Crippen LogP) is 15.6. The van der Waals surface area contributed by atoms with E-state index in [1.807, 2.05) is 194 Å². The van der Waals surface area contributed by atoms with Crippen molar-refractivity contribution in [2.45, 2.75) is 132 Å². The molecular formula is C95H90O20. The van der Waals surface area contributed by atoms with E-state index in [2.05, 4.69) is 6.58 Å². The van der Waals surface area contributed by atoms with Crippen LogP contribution in [-0.2, 0) is 115 Å². The maximum atomic E-state index is 15.4. The van der Waals surface area contributed by atoms with Gasteiger partial charge in [0.05, 0.1) is 81.7 Å². The molecule has 3 aliphatic heterocycles. The lowest BCUT2D eigenvalue weighted by Crippen LogP contribution is -2.69.